The molecule has 3 heteroatoms. The summed E-state index contributed by atoms with van der Waals surface area (Å²) in [6.45, 7) is 7.71. The highest BCUT2D eigenvalue weighted by Gasteiger charge is 2.18. The van der Waals surface area contributed by atoms with E-state index in [9.17, 15) is 5.11 Å². The fourth-order valence-electron chi connectivity index (χ4n) is 2.82. The molecule has 0 amide bonds. The first kappa shape index (κ1) is 15.5. The van der Waals surface area contributed by atoms with Gasteiger partial charge in [0.05, 0.1) is 6.10 Å². The van der Waals surface area contributed by atoms with Crippen LogP contribution in [-0.4, -0.2) is 43.4 Å². The predicted molar refractivity (Wildman–Crippen MR) is 81.9 cm³/mol. The van der Waals surface area contributed by atoms with E-state index in [4.69, 9.17) is 4.74 Å². The number of hydrogen-bond acceptors (Lipinski definition) is 3. The highest BCUT2D eigenvalue weighted by Crippen LogP contribution is 2.20. The summed E-state index contributed by atoms with van der Waals surface area (Å²) in [5, 5.41) is 10.4. The minimum atomic E-state index is -0.404. The Bertz CT molecular complexity index is 427. The summed E-state index contributed by atoms with van der Waals surface area (Å²) in [4.78, 5) is 2.25. The third-order valence-electron chi connectivity index (χ3n) is 4.31. The quantitative estimate of drug-likeness (QED) is 0.898. The second-order valence-corrected chi connectivity index (χ2v) is 6.14. The average molecular weight is 277 g/mol. The molecule has 0 aromatic heterocycles. The van der Waals surface area contributed by atoms with Crippen LogP contribution in [0.15, 0.2) is 18.2 Å². The van der Waals surface area contributed by atoms with Gasteiger partial charge in [-0.1, -0.05) is 18.2 Å². The molecule has 0 bridgehead atoms. The lowest BCUT2D eigenvalue weighted by Crippen LogP contribution is -2.32. The van der Waals surface area contributed by atoms with Crippen LogP contribution in [0.3, 0.4) is 0 Å². The van der Waals surface area contributed by atoms with Crippen LogP contribution in [0.25, 0.3) is 0 Å². The molecular weight excluding hydrogens is 250 g/mol. The van der Waals surface area contributed by atoms with Gasteiger partial charge in [0.25, 0.3) is 0 Å². The van der Waals surface area contributed by atoms with E-state index in [1.165, 1.54) is 11.1 Å². The summed E-state index contributed by atoms with van der Waals surface area (Å²) in [6, 6.07) is 6.23. The average Bonchev–Trinajstić information content (AvgIpc) is 2.42. The van der Waals surface area contributed by atoms with Crippen LogP contribution >= 0.6 is 0 Å². The van der Waals surface area contributed by atoms with Gasteiger partial charge < -0.3 is 14.7 Å². The maximum Gasteiger partial charge on any atom is 0.0916 e. The Kier molecular flexibility index (Phi) is 5.58. The molecule has 0 aliphatic carbocycles. The summed E-state index contributed by atoms with van der Waals surface area (Å²) in [5.41, 5.74) is 3.54. The molecule has 112 valence electrons. The van der Waals surface area contributed by atoms with Gasteiger partial charge in [-0.3, -0.25) is 0 Å². The molecule has 1 aliphatic heterocycles. The number of aliphatic hydroxyl groups excluding tert-OH is 1. The topological polar surface area (TPSA) is 32.7 Å². The number of hydrogen-bond donors (Lipinski definition) is 1. The standard InChI is InChI=1S/C17H27NO2/c1-13-4-5-16(10-14(13)2)17(19)12-18(3)11-15-6-8-20-9-7-15/h4-5,10,15,17,19H,6-9,11-12H2,1-3H3. The van der Waals surface area contributed by atoms with Crippen molar-refractivity contribution < 1.29 is 9.84 Å². The van der Waals surface area contributed by atoms with Crippen molar-refractivity contribution in [3.63, 3.8) is 0 Å². The molecule has 1 saturated heterocycles. The van der Waals surface area contributed by atoms with Crippen molar-refractivity contribution in [3.05, 3.63) is 34.9 Å². The SMILES string of the molecule is Cc1ccc(C(O)CN(C)CC2CCOCC2)cc1C. The van der Waals surface area contributed by atoms with Gasteiger partial charge in [-0.15, -0.1) is 0 Å². The van der Waals surface area contributed by atoms with Crippen molar-refractivity contribution in [2.24, 2.45) is 5.92 Å². The highest BCUT2D eigenvalue weighted by molar-refractivity contribution is 5.31. The van der Waals surface area contributed by atoms with E-state index in [-0.39, 0.29) is 0 Å². The Morgan fingerprint density at radius 3 is 2.60 bits per heavy atom. The van der Waals surface area contributed by atoms with Gasteiger partial charge in [0.15, 0.2) is 0 Å². The van der Waals surface area contributed by atoms with Crippen LogP contribution in [0.2, 0.25) is 0 Å². The van der Waals surface area contributed by atoms with E-state index in [1.807, 2.05) is 6.07 Å². The van der Waals surface area contributed by atoms with Crippen molar-refractivity contribution in [1.82, 2.24) is 4.90 Å². The van der Waals surface area contributed by atoms with Gasteiger partial charge in [0.1, 0.15) is 0 Å². The minimum absolute atomic E-state index is 0.404. The molecule has 1 aromatic rings. The van der Waals surface area contributed by atoms with E-state index in [1.54, 1.807) is 0 Å². The van der Waals surface area contributed by atoms with Crippen molar-refractivity contribution in [1.29, 1.82) is 0 Å². The van der Waals surface area contributed by atoms with Crippen LogP contribution in [0.1, 0.15) is 35.6 Å². The molecule has 1 unspecified atom stereocenters. The number of aryl methyl sites for hydroxylation is 2. The monoisotopic (exact) mass is 277 g/mol. The summed E-state index contributed by atoms with van der Waals surface area (Å²) in [6.07, 6.45) is 1.88. The molecule has 3 nitrogen and oxygen atoms in total. The predicted octanol–water partition coefficient (Wildman–Crippen LogP) is 2.70. The van der Waals surface area contributed by atoms with Crippen LogP contribution in [0.5, 0.6) is 0 Å². The minimum Gasteiger partial charge on any atom is -0.387 e. The summed E-state index contributed by atoms with van der Waals surface area (Å²) >= 11 is 0. The first-order valence-corrected chi connectivity index (χ1v) is 7.57. The smallest absolute Gasteiger partial charge is 0.0916 e. The Labute approximate surface area is 122 Å². The van der Waals surface area contributed by atoms with Gasteiger partial charge in [0.2, 0.25) is 0 Å². The fraction of sp³-hybridized carbons (Fsp3) is 0.647. The normalized spacial score (nSPS) is 18.4. The fourth-order valence-corrected chi connectivity index (χ4v) is 2.82. The lowest BCUT2D eigenvalue weighted by Gasteiger charge is -2.28. The van der Waals surface area contributed by atoms with E-state index < -0.39 is 6.10 Å². The van der Waals surface area contributed by atoms with E-state index >= 15 is 0 Å². The Balaban J connectivity index is 1.86. The number of aliphatic hydroxyl groups is 1. The molecule has 1 heterocycles. The van der Waals surface area contributed by atoms with Gasteiger partial charge in [0, 0.05) is 26.3 Å². The molecule has 2 rings (SSSR count). The van der Waals surface area contributed by atoms with E-state index in [0.29, 0.717) is 12.5 Å². The molecule has 0 radical (unpaired) electrons. The zero-order valence-electron chi connectivity index (χ0n) is 12.9. The van der Waals surface area contributed by atoms with E-state index in [0.717, 1.165) is 38.2 Å². The number of likely N-dealkylation sites (N-methyl/N-ethyl adjacent to an activating group) is 1. The summed E-state index contributed by atoms with van der Waals surface area (Å²) < 4.78 is 5.39. The zero-order valence-corrected chi connectivity index (χ0v) is 12.9. The first-order valence-electron chi connectivity index (χ1n) is 7.57. The van der Waals surface area contributed by atoms with Crippen molar-refractivity contribution in [2.75, 3.05) is 33.4 Å². The van der Waals surface area contributed by atoms with Crippen LogP contribution < -0.4 is 0 Å². The van der Waals surface area contributed by atoms with Gasteiger partial charge in [-0.25, -0.2) is 0 Å². The Morgan fingerprint density at radius 1 is 1.25 bits per heavy atom. The van der Waals surface area contributed by atoms with Crippen LogP contribution in [0.4, 0.5) is 0 Å². The third-order valence-corrected chi connectivity index (χ3v) is 4.31. The van der Waals surface area contributed by atoms with Gasteiger partial charge in [-0.05, 0) is 56.3 Å². The van der Waals surface area contributed by atoms with Crippen molar-refractivity contribution >= 4 is 0 Å². The largest absolute Gasteiger partial charge is 0.387 e. The lowest BCUT2D eigenvalue weighted by atomic mass is 9.99. The maximum absolute atomic E-state index is 10.4. The maximum atomic E-state index is 10.4. The summed E-state index contributed by atoms with van der Waals surface area (Å²) in [7, 11) is 2.10. The molecule has 0 saturated carbocycles. The van der Waals surface area contributed by atoms with Crippen LogP contribution in [-0.2, 0) is 4.74 Å². The first-order chi connectivity index (χ1) is 9.56. The number of benzene rings is 1. The van der Waals surface area contributed by atoms with Crippen molar-refractivity contribution in [2.45, 2.75) is 32.8 Å². The summed E-state index contributed by atoms with van der Waals surface area (Å²) in [5.74, 6) is 0.709. The Morgan fingerprint density at radius 2 is 1.95 bits per heavy atom. The molecule has 1 fully saturated rings. The lowest BCUT2D eigenvalue weighted by molar-refractivity contribution is 0.0478. The van der Waals surface area contributed by atoms with Gasteiger partial charge >= 0.3 is 0 Å². The van der Waals surface area contributed by atoms with Crippen LogP contribution in [0, 0.1) is 19.8 Å². The molecule has 1 atom stereocenters. The number of nitrogens with zero attached hydrogens (tertiary/aromatic N) is 1. The van der Waals surface area contributed by atoms with E-state index in [2.05, 4.69) is 37.9 Å². The molecule has 1 aliphatic rings. The molecule has 0 spiro atoms. The second-order valence-electron chi connectivity index (χ2n) is 6.14. The van der Waals surface area contributed by atoms with Crippen molar-refractivity contribution in [3.8, 4) is 0 Å². The number of rotatable bonds is 5. The molecular formula is C17H27NO2. The second kappa shape index (κ2) is 7.21. The number of ether oxygens (including phenoxy) is 1. The third kappa shape index (κ3) is 4.30. The highest BCUT2D eigenvalue weighted by atomic mass is 16.5. The Hall–Kier alpha value is -0.900. The molecule has 20 heavy (non-hydrogen) atoms. The molecule has 1 N–H and O–H groups in total. The molecule has 1 aromatic carbocycles. The zero-order chi connectivity index (χ0) is 14.5. The van der Waals surface area contributed by atoms with Gasteiger partial charge in [-0.2, -0.15) is 0 Å².